The van der Waals surface area contributed by atoms with Crippen molar-refractivity contribution in [3.8, 4) is 5.88 Å². The van der Waals surface area contributed by atoms with Crippen LogP contribution in [-0.2, 0) is 0 Å². The SMILES string of the molecule is Cc1ccc(C(c2sc3ncnn3c2O)N2CCN(c3ccccn3)CC2)o1. The Kier molecular flexibility index (Phi) is 4.25. The summed E-state index contributed by atoms with van der Waals surface area (Å²) in [5.41, 5.74) is 0. The fraction of sp³-hybridized carbons (Fsp3) is 0.316. The number of hydrogen-bond donors (Lipinski definition) is 1. The Morgan fingerprint density at radius 1 is 1.11 bits per heavy atom. The fourth-order valence-electron chi connectivity index (χ4n) is 3.70. The van der Waals surface area contributed by atoms with Crippen molar-refractivity contribution in [1.82, 2.24) is 24.5 Å². The van der Waals surface area contributed by atoms with E-state index in [4.69, 9.17) is 4.42 Å². The Bertz CT molecular complexity index is 1080. The molecule has 1 aliphatic heterocycles. The van der Waals surface area contributed by atoms with Gasteiger partial charge in [-0.05, 0) is 31.2 Å². The maximum absolute atomic E-state index is 10.8. The van der Waals surface area contributed by atoms with Gasteiger partial charge in [0.15, 0.2) is 0 Å². The van der Waals surface area contributed by atoms with Gasteiger partial charge in [0.1, 0.15) is 29.7 Å². The molecule has 0 spiro atoms. The predicted molar refractivity (Wildman–Crippen MR) is 106 cm³/mol. The molecule has 5 heterocycles. The van der Waals surface area contributed by atoms with Crippen LogP contribution >= 0.6 is 11.3 Å². The summed E-state index contributed by atoms with van der Waals surface area (Å²) in [4.78, 5) is 14.8. The second-order valence-electron chi connectivity index (χ2n) is 6.81. The molecule has 8 nitrogen and oxygen atoms in total. The predicted octanol–water partition coefficient (Wildman–Crippen LogP) is 2.70. The first kappa shape index (κ1) is 17.2. The van der Waals surface area contributed by atoms with Crippen molar-refractivity contribution in [1.29, 1.82) is 0 Å². The summed E-state index contributed by atoms with van der Waals surface area (Å²) in [6.45, 7) is 5.30. The van der Waals surface area contributed by atoms with E-state index in [1.807, 2.05) is 43.5 Å². The molecule has 0 saturated carbocycles. The molecule has 144 valence electrons. The zero-order chi connectivity index (χ0) is 19.1. The van der Waals surface area contributed by atoms with Crippen LogP contribution in [0, 0.1) is 6.92 Å². The Balaban J connectivity index is 1.46. The third-order valence-electron chi connectivity index (χ3n) is 5.07. The molecule has 4 aromatic rings. The molecule has 0 aromatic carbocycles. The molecule has 0 amide bonds. The summed E-state index contributed by atoms with van der Waals surface area (Å²) in [7, 11) is 0. The number of piperazine rings is 1. The first-order valence-electron chi connectivity index (χ1n) is 9.18. The van der Waals surface area contributed by atoms with Crippen molar-refractivity contribution in [2.24, 2.45) is 0 Å². The fourth-order valence-corrected chi connectivity index (χ4v) is 4.77. The molecular formula is C19H20N6O2S. The highest BCUT2D eigenvalue weighted by atomic mass is 32.1. The number of furan rings is 1. The lowest BCUT2D eigenvalue weighted by molar-refractivity contribution is 0.189. The third-order valence-corrected chi connectivity index (χ3v) is 6.16. The molecule has 0 bridgehead atoms. The first-order valence-corrected chi connectivity index (χ1v) is 10.00. The normalized spacial score (nSPS) is 16.7. The molecule has 5 rings (SSSR count). The number of thiazole rings is 1. The molecule has 1 unspecified atom stereocenters. The van der Waals surface area contributed by atoms with Crippen molar-refractivity contribution in [2.75, 3.05) is 31.1 Å². The van der Waals surface area contributed by atoms with Gasteiger partial charge < -0.3 is 14.4 Å². The monoisotopic (exact) mass is 396 g/mol. The van der Waals surface area contributed by atoms with Crippen molar-refractivity contribution in [3.63, 3.8) is 0 Å². The second-order valence-corrected chi connectivity index (χ2v) is 7.82. The first-order chi connectivity index (χ1) is 13.7. The second kappa shape index (κ2) is 6.92. The summed E-state index contributed by atoms with van der Waals surface area (Å²) in [5, 5.41) is 14.9. The summed E-state index contributed by atoms with van der Waals surface area (Å²) in [6.07, 6.45) is 3.27. The van der Waals surface area contributed by atoms with E-state index in [-0.39, 0.29) is 11.9 Å². The van der Waals surface area contributed by atoms with Crippen molar-refractivity contribution >= 4 is 22.1 Å². The van der Waals surface area contributed by atoms with E-state index in [9.17, 15) is 5.11 Å². The van der Waals surface area contributed by atoms with Gasteiger partial charge in [-0.3, -0.25) is 4.90 Å². The van der Waals surface area contributed by atoms with E-state index in [0.717, 1.165) is 48.4 Å². The van der Waals surface area contributed by atoms with Gasteiger partial charge in [0.25, 0.3) is 0 Å². The highest BCUT2D eigenvalue weighted by molar-refractivity contribution is 7.17. The number of rotatable bonds is 4. The summed E-state index contributed by atoms with van der Waals surface area (Å²) in [6, 6.07) is 9.75. The molecule has 1 N–H and O–H groups in total. The Hall–Kier alpha value is -2.91. The lowest BCUT2D eigenvalue weighted by atomic mass is 10.1. The van der Waals surface area contributed by atoms with E-state index in [2.05, 4.69) is 24.9 Å². The van der Waals surface area contributed by atoms with Gasteiger partial charge in [-0.25, -0.2) is 9.97 Å². The molecular weight excluding hydrogens is 376 g/mol. The maximum atomic E-state index is 10.8. The molecule has 9 heteroatoms. The largest absolute Gasteiger partial charge is 0.492 e. The van der Waals surface area contributed by atoms with Gasteiger partial charge in [-0.1, -0.05) is 17.4 Å². The standard InChI is InChI=1S/C19H20N6O2S/c1-13-5-6-14(27-13)16(17-18(26)25-19(28-17)21-12-22-25)24-10-8-23(9-11-24)15-4-2-3-7-20-15/h2-7,12,16,26H,8-11H2,1H3. The van der Waals surface area contributed by atoms with Crippen LogP contribution in [0.25, 0.3) is 4.96 Å². The van der Waals surface area contributed by atoms with Crippen LogP contribution in [0.1, 0.15) is 22.4 Å². The van der Waals surface area contributed by atoms with Crippen molar-refractivity contribution < 1.29 is 9.52 Å². The molecule has 1 fully saturated rings. The average Bonchev–Trinajstić information content (AvgIpc) is 3.43. The van der Waals surface area contributed by atoms with E-state index in [0.29, 0.717) is 4.96 Å². The maximum Gasteiger partial charge on any atom is 0.230 e. The quantitative estimate of drug-likeness (QED) is 0.568. The van der Waals surface area contributed by atoms with Crippen LogP contribution < -0.4 is 4.90 Å². The molecule has 4 aromatic heterocycles. The molecule has 0 aliphatic carbocycles. The molecule has 28 heavy (non-hydrogen) atoms. The van der Waals surface area contributed by atoms with Crippen LogP contribution in [-0.4, -0.2) is 55.8 Å². The number of aromatic nitrogens is 4. The number of pyridine rings is 1. The lowest BCUT2D eigenvalue weighted by Crippen LogP contribution is -2.48. The highest BCUT2D eigenvalue weighted by Gasteiger charge is 2.33. The number of aromatic hydroxyl groups is 1. The number of aryl methyl sites for hydroxylation is 1. The minimum atomic E-state index is -0.173. The highest BCUT2D eigenvalue weighted by Crippen LogP contribution is 2.40. The van der Waals surface area contributed by atoms with Crippen LogP contribution in [0.5, 0.6) is 5.88 Å². The minimum Gasteiger partial charge on any atom is -0.492 e. The summed E-state index contributed by atoms with van der Waals surface area (Å²) in [5.74, 6) is 2.80. The summed E-state index contributed by atoms with van der Waals surface area (Å²) < 4.78 is 7.45. The van der Waals surface area contributed by atoms with Crippen LogP contribution in [0.3, 0.4) is 0 Å². The third kappa shape index (κ3) is 2.92. The molecule has 1 atom stereocenters. The smallest absolute Gasteiger partial charge is 0.230 e. The van der Waals surface area contributed by atoms with Crippen molar-refractivity contribution in [3.05, 3.63) is 59.3 Å². The van der Waals surface area contributed by atoms with Gasteiger partial charge in [0.05, 0.1) is 4.88 Å². The zero-order valence-corrected chi connectivity index (χ0v) is 16.2. The van der Waals surface area contributed by atoms with Gasteiger partial charge in [-0.15, -0.1) is 0 Å². The Morgan fingerprint density at radius 2 is 1.96 bits per heavy atom. The lowest BCUT2D eigenvalue weighted by Gasteiger charge is -2.38. The minimum absolute atomic E-state index is 0.128. The number of fused-ring (bicyclic) bond motifs is 1. The topological polar surface area (TPSA) is 82.9 Å². The number of hydrogen-bond acceptors (Lipinski definition) is 8. The van der Waals surface area contributed by atoms with E-state index >= 15 is 0 Å². The van der Waals surface area contributed by atoms with Crippen LogP contribution in [0.4, 0.5) is 5.82 Å². The van der Waals surface area contributed by atoms with E-state index in [1.54, 1.807) is 0 Å². The number of anilines is 1. The molecule has 0 radical (unpaired) electrons. The van der Waals surface area contributed by atoms with Gasteiger partial charge in [0, 0.05) is 32.4 Å². The Labute approximate surface area is 165 Å². The number of nitrogens with zero attached hydrogens (tertiary/aromatic N) is 6. The van der Waals surface area contributed by atoms with E-state index < -0.39 is 0 Å². The van der Waals surface area contributed by atoms with Crippen molar-refractivity contribution in [2.45, 2.75) is 13.0 Å². The average molecular weight is 396 g/mol. The van der Waals surface area contributed by atoms with Gasteiger partial charge >= 0.3 is 0 Å². The van der Waals surface area contributed by atoms with Gasteiger partial charge in [0.2, 0.25) is 10.8 Å². The van der Waals surface area contributed by atoms with Crippen LogP contribution in [0.15, 0.2) is 47.3 Å². The van der Waals surface area contributed by atoms with Gasteiger partial charge in [-0.2, -0.15) is 9.61 Å². The Morgan fingerprint density at radius 3 is 2.64 bits per heavy atom. The zero-order valence-electron chi connectivity index (χ0n) is 15.4. The van der Waals surface area contributed by atoms with E-state index in [1.165, 1.54) is 22.2 Å². The molecule has 1 saturated heterocycles. The van der Waals surface area contributed by atoms with Crippen LogP contribution in [0.2, 0.25) is 0 Å². The molecule has 1 aliphatic rings. The summed E-state index contributed by atoms with van der Waals surface area (Å²) >= 11 is 1.45.